The summed E-state index contributed by atoms with van der Waals surface area (Å²) in [6.45, 7) is 3.61. The Morgan fingerprint density at radius 1 is 1.31 bits per heavy atom. The number of amides is 1. The number of hydrogen-bond donors (Lipinski definition) is 2. The second-order valence-electron chi connectivity index (χ2n) is 6.71. The van der Waals surface area contributed by atoms with Gasteiger partial charge in [-0.2, -0.15) is 0 Å². The average molecular weight is 379 g/mol. The molecule has 3 unspecified atom stereocenters. The van der Waals surface area contributed by atoms with Gasteiger partial charge in [-0.05, 0) is 38.8 Å². The summed E-state index contributed by atoms with van der Waals surface area (Å²) >= 11 is 0. The molecule has 2 heterocycles. The first-order chi connectivity index (χ1) is 12.2. The summed E-state index contributed by atoms with van der Waals surface area (Å²) in [6, 6.07) is 5.54. The van der Waals surface area contributed by atoms with E-state index in [1.54, 1.807) is 25.1 Å². The van der Waals surface area contributed by atoms with E-state index in [0.29, 0.717) is 18.4 Å². The Morgan fingerprint density at radius 2 is 2.00 bits per heavy atom. The van der Waals surface area contributed by atoms with Crippen LogP contribution in [0.1, 0.15) is 32.3 Å². The maximum atomic E-state index is 12.8. The van der Waals surface area contributed by atoms with E-state index in [1.165, 1.54) is 11.0 Å². The molecule has 1 amide bonds. The van der Waals surface area contributed by atoms with Crippen LogP contribution < -0.4 is 4.72 Å². The molecule has 2 N–H and O–H groups in total. The van der Waals surface area contributed by atoms with Crippen LogP contribution in [0.3, 0.4) is 0 Å². The number of sulfonamides is 1. The zero-order chi connectivity index (χ0) is 19.1. The summed E-state index contributed by atoms with van der Waals surface area (Å²) in [5.41, 5.74) is 0.433. The summed E-state index contributed by atoms with van der Waals surface area (Å²) in [4.78, 5) is 30.0. The SMILES string of the molecule is CC(N=C1NS(=O)(=O)c2ccccc21)C(=O)N1CC(C(=O)O)CCC1C. The smallest absolute Gasteiger partial charge is 0.308 e. The minimum absolute atomic E-state index is 0.0756. The Bertz CT molecular complexity index is 880. The largest absolute Gasteiger partial charge is 0.481 e. The van der Waals surface area contributed by atoms with E-state index in [4.69, 9.17) is 0 Å². The first-order valence-electron chi connectivity index (χ1n) is 8.44. The maximum absolute atomic E-state index is 12.8. The van der Waals surface area contributed by atoms with Crippen LogP contribution in [0.4, 0.5) is 0 Å². The quantitative estimate of drug-likeness (QED) is 0.807. The molecule has 0 saturated carbocycles. The van der Waals surface area contributed by atoms with Crippen LogP contribution in [0.25, 0.3) is 0 Å². The second-order valence-corrected chi connectivity index (χ2v) is 8.36. The number of nitrogens with one attached hydrogen (secondary N) is 1. The molecule has 1 saturated heterocycles. The molecule has 2 aliphatic rings. The standard InChI is InChI=1S/C17H21N3O5S/c1-10-7-8-12(17(22)23)9-20(10)16(21)11(2)18-15-13-5-3-4-6-14(13)26(24,25)19-15/h3-6,10-12H,7-9H2,1-2H3,(H,18,19)(H,22,23). The molecule has 1 aromatic carbocycles. The highest BCUT2D eigenvalue weighted by atomic mass is 32.2. The van der Waals surface area contributed by atoms with Crippen molar-refractivity contribution in [3.05, 3.63) is 29.8 Å². The van der Waals surface area contributed by atoms with Gasteiger partial charge in [0.05, 0.1) is 10.8 Å². The third-order valence-corrected chi connectivity index (χ3v) is 6.25. The fraction of sp³-hybridized carbons (Fsp3) is 0.471. The lowest BCUT2D eigenvalue weighted by Crippen LogP contribution is -2.50. The molecular formula is C17H21N3O5S. The number of piperidine rings is 1. The van der Waals surface area contributed by atoms with Crippen molar-refractivity contribution in [3.8, 4) is 0 Å². The number of amidine groups is 1. The van der Waals surface area contributed by atoms with Crippen LogP contribution in [0.15, 0.2) is 34.2 Å². The average Bonchev–Trinajstić information content (AvgIpc) is 2.85. The third kappa shape index (κ3) is 3.31. The number of carboxylic acid groups (broad SMARTS) is 1. The Morgan fingerprint density at radius 3 is 2.69 bits per heavy atom. The number of carbonyl (C=O) groups excluding carboxylic acids is 1. The summed E-state index contributed by atoms with van der Waals surface area (Å²) in [6.07, 6.45) is 1.15. The first kappa shape index (κ1) is 18.4. The van der Waals surface area contributed by atoms with Gasteiger partial charge in [-0.15, -0.1) is 0 Å². The van der Waals surface area contributed by atoms with Gasteiger partial charge in [0.25, 0.3) is 10.0 Å². The molecule has 0 bridgehead atoms. The van der Waals surface area contributed by atoms with Gasteiger partial charge in [-0.1, -0.05) is 12.1 Å². The van der Waals surface area contributed by atoms with E-state index in [-0.39, 0.29) is 29.2 Å². The van der Waals surface area contributed by atoms with Crippen molar-refractivity contribution in [1.82, 2.24) is 9.62 Å². The zero-order valence-electron chi connectivity index (χ0n) is 14.5. The van der Waals surface area contributed by atoms with Crippen molar-refractivity contribution in [1.29, 1.82) is 0 Å². The van der Waals surface area contributed by atoms with Crippen LogP contribution in [0.5, 0.6) is 0 Å². The van der Waals surface area contributed by atoms with E-state index in [2.05, 4.69) is 9.71 Å². The van der Waals surface area contributed by atoms with Crippen LogP contribution in [0.2, 0.25) is 0 Å². The predicted molar refractivity (Wildman–Crippen MR) is 94.3 cm³/mol. The van der Waals surface area contributed by atoms with Crippen molar-refractivity contribution in [2.24, 2.45) is 10.9 Å². The van der Waals surface area contributed by atoms with Crippen molar-refractivity contribution in [2.45, 2.75) is 43.7 Å². The topological polar surface area (TPSA) is 116 Å². The molecule has 8 nitrogen and oxygen atoms in total. The number of benzene rings is 1. The van der Waals surface area contributed by atoms with E-state index in [1.807, 2.05) is 6.92 Å². The number of fused-ring (bicyclic) bond motifs is 1. The van der Waals surface area contributed by atoms with Gasteiger partial charge in [0.1, 0.15) is 11.9 Å². The molecule has 3 rings (SSSR count). The van der Waals surface area contributed by atoms with E-state index in [9.17, 15) is 23.1 Å². The second kappa shape index (κ2) is 6.71. The lowest BCUT2D eigenvalue weighted by Gasteiger charge is -2.37. The van der Waals surface area contributed by atoms with Gasteiger partial charge >= 0.3 is 5.97 Å². The number of carboxylic acids is 1. The summed E-state index contributed by atoms with van der Waals surface area (Å²) < 4.78 is 26.6. The molecule has 2 aliphatic heterocycles. The molecule has 0 spiro atoms. The van der Waals surface area contributed by atoms with E-state index >= 15 is 0 Å². The first-order valence-corrected chi connectivity index (χ1v) is 9.92. The predicted octanol–water partition coefficient (Wildman–Crippen LogP) is 0.825. The van der Waals surface area contributed by atoms with Crippen molar-refractivity contribution < 1.29 is 23.1 Å². The summed E-state index contributed by atoms with van der Waals surface area (Å²) in [7, 11) is -3.67. The number of rotatable bonds is 3. The number of likely N-dealkylation sites (tertiary alicyclic amines) is 1. The maximum Gasteiger partial charge on any atom is 0.308 e. The van der Waals surface area contributed by atoms with Crippen LogP contribution >= 0.6 is 0 Å². The molecule has 140 valence electrons. The normalized spacial score (nSPS) is 26.8. The molecule has 1 aromatic rings. The Hall–Kier alpha value is -2.42. The van der Waals surface area contributed by atoms with Gasteiger partial charge in [0.15, 0.2) is 0 Å². The highest BCUT2D eigenvalue weighted by Gasteiger charge is 2.36. The number of aliphatic carboxylic acids is 1. The van der Waals surface area contributed by atoms with Gasteiger partial charge in [-0.3, -0.25) is 19.3 Å². The number of carbonyl (C=O) groups is 2. The van der Waals surface area contributed by atoms with E-state index in [0.717, 1.165) is 0 Å². The lowest BCUT2D eigenvalue weighted by molar-refractivity contribution is -0.147. The Kier molecular flexibility index (Phi) is 4.74. The third-order valence-electron chi connectivity index (χ3n) is 4.86. The van der Waals surface area contributed by atoms with Gasteiger partial charge < -0.3 is 10.0 Å². The molecule has 0 radical (unpaired) electrons. The van der Waals surface area contributed by atoms with Crippen molar-refractivity contribution in [2.75, 3.05) is 6.54 Å². The Balaban J connectivity index is 1.84. The molecule has 1 fully saturated rings. The number of nitrogens with zero attached hydrogens (tertiary/aromatic N) is 2. The molecular weight excluding hydrogens is 358 g/mol. The Labute approximate surface area is 152 Å². The molecule has 0 aliphatic carbocycles. The highest BCUT2D eigenvalue weighted by Crippen LogP contribution is 2.25. The molecule has 26 heavy (non-hydrogen) atoms. The summed E-state index contributed by atoms with van der Waals surface area (Å²) in [5.74, 6) is -1.66. The van der Waals surface area contributed by atoms with Gasteiger partial charge in [0, 0.05) is 18.2 Å². The minimum Gasteiger partial charge on any atom is -0.481 e. The van der Waals surface area contributed by atoms with Gasteiger partial charge in [0.2, 0.25) is 5.91 Å². The van der Waals surface area contributed by atoms with Crippen LogP contribution in [-0.4, -0.2) is 54.8 Å². The van der Waals surface area contributed by atoms with E-state index < -0.39 is 28.0 Å². The zero-order valence-corrected chi connectivity index (χ0v) is 15.4. The fourth-order valence-corrected chi connectivity index (χ4v) is 4.57. The lowest BCUT2D eigenvalue weighted by atomic mass is 9.93. The van der Waals surface area contributed by atoms with Crippen molar-refractivity contribution >= 4 is 27.7 Å². The minimum atomic E-state index is -3.67. The van der Waals surface area contributed by atoms with Gasteiger partial charge in [-0.25, -0.2) is 8.42 Å². The van der Waals surface area contributed by atoms with Crippen LogP contribution in [0, 0.1) is 5.92 Å². The van der Waals surface area contributed by atoms with Crippen molar-refractivity contribution in [3.63, 3.8) is 0 Å². The highest BCUT2D eigenvalue weighted by molar-refractivity contribution is 7.90. The number of hydrogen-bond acceptors (Lipinski definition) is 5. The monoisotopic (exact) mass is 379 g/mol. The molecule has 3 atom stereocenters. The number of aliphatic imine (C=N–C) groups is 1. The molecule has 0 aromatic heterocycles. The fourth-order valence-electron chi connectivity index (χ4n) is 3.33. The molecule has 9 heteroatoms. The van der Waals surface area contributed by atoms with Crippen LogP contribution in [-0.2, 0) is 19.6 Å². The summed E-state index contributed by atoms with van der Waals surface area (Å²) in [5, 5.41) is 9.22.